The predicted molar refractivity (Wildman–Crippen MR) is 120 cm³/mol. The van der Waals surface area contributed by atoms with Gasteiger partial charge in [0.05, 0.1) is 11.7 Å². The number of Topliss-reactive ketones (excluding diaryl/α,β-unsaturated/α-hetero) is 1. The Morgan fingerprint density at radius 3 is 2.71 bits per heavy atom. The summed E-state index contributed by atoms with van der Waals surface area (Å²) < 4.78 is 17.9. The van der Waals surface area contributed by atoms with Crippen molar-refractivity contribution in [1.82, 2.24) is 4.90 Å². The summed E-state index contributed by atoms with van der Waals surface area (Å²) in [7, 11) is 4.00. The molecule has 31 heavy (non-hydrogen) atoms. The summed E-state index contributed by atoms with van der Waals surface area (Å²) in [4.78, 5) is 17.4. The molecule has 0 aliphatic carbocycles. The van der Waals surface area contributed by atoms with Crippen LogP contribution in [0.1, 0.15) is 39.9 Å². The maximum atomic E-state index is 13.1. The van der Waals surface area contributed by atoms with Crippen molar-refractivity contribution in [3.05, 3.63) is 58.3 Å². The number of benzene rings is 2. The van der Waals surface area contributed by atoms with Crippen LogP contribution in [0.25, 0.3) is 6.08 Å². The lowest BCUT2D eigenvalue weighted by Gasteiger charge is -2.31. The summed E-state index contributed by atoms with van der Waals surface area (Å²) in [5.74, 6) is 1.74. The molecule has 0 amide bonds. The van der Waals surface area contributed by atoms with E-state index in [1.54, 1.807) is 0 Å². The number of fused-ring (bicyclic) bond motifs is 2. The standard InChI is InChI=1S/C25H28N2O4/c1-16-24-18(13-27(15-30-24)14-20-5-4-10-29-20)12-21-23(28)22(31-25(16)21)11-17-6-8-19(9-7-17)26(2)3/h6-9,11-12,20H,4-5,10,13-15H2,1-3H3/b22-11-. The van der Waals surface area contributed by atoms with Gasteiger partial charge in [0, 0.05) is 50.6 Å². The lowest BCUT2D eigenvalue weighted by molar-refractivity contribution is 0.0276. The Balaban J connectivity index is 1.38. The van der Waals surface area contributed by atoms with Crippen LogP contribution in [-0.4, -0.2) is 50.8 Å². The lowest BCUT2D eigenvalue weighted by Crippen LogP contribution is -2.37. The smallest absolute Gasteiger partial charge is 0.231 e. The van der Waals surface area contributed by atoms with E-state index in [9.17, 15) is 4.79 Å². The van der Waals surface area contributed by atoms with Crippen LogP contribution in [-0.2, 0) is 11.3 Å². The summed E-state index contributed by atoms with van der Waals surface area (Å²) in [6.07, 6.45) is 4.31. The summed E-state index contributed by atoms with van der Waals surface area (Å²) in [6, 6.07) is 9.98. The van der Waals surface area contributed by atoms with E-state index in [0.717, 1.165) is 60.7 Å². The van der Waals surface area contributed by atoms with E-state index in [1.807, 2.05) is 62.3 Å². The number of nitrogens with zero attached hydrogens (tertiary/aromatic N) is 2. The molecule has 2 aromatic rings. The number of carbonyl (C=O) groups excluding carboxylic acids is 1. The number of ether oxygens (including phenoxy) is 3. The molecule has 2 aromatic carbocycles. The van der Waals surface area contributed by atoms with E-state index >= 15 is 0 Å². The van der Waals surface area contributed by atoms with E-state index in [2.05, 4.69) is 4.90 Å². The van der Waals surface area contributed by atoms with Crippen molar-refractivity contribution in [1.29, 1.82) is 0 Å². The van der Waals surface area contributed by atoms with Gasteiger partial charge in [-0.3, -0.25) is 9.69 Å². The first-order valence-corrected chi connectivity index (χ1v) is 10.8. The molecule has 6 heteroatoms. The van der Waals surface area contributed by atoms with Crippen LogP contribution in [0.15, 0.2) is 36.1 Å². The first-order chi connectivity index (χ1) is 15.0. The van der Waals surface area contributed by atoms with Gasteiger partial charge in [0.2, 0.25) is 5.78 Å². The number of anilines is 1. The minimum atomic E-state index is -0.0752. The highest BCUT2D eigenvalue weighted by Gasteiger charge is 2.34. The van der Waals surface area contributed by atoms with Crippen molar-refractivity contribution in [2.75, 3.05) is 38.9 Å². The summed E-state index contributed by atoms with van der Waals surface area (Å²) in [5, 5.41) is 0. The molecule has 0 spiro atoms. The second kappa shape index (κ2) is 8.02. The quantitative estimate of drug-likeness (QED) is 0.697. The van der Waals surface area contributed by atoms with Gasteiger partial charge in [-0.15, -0.1) is 0 Å². The van der Waals surface area contributed by atoms with Crippen LogP contribution in [0.5, 0.6) is 11.5 Å². The zero-order chi connectivity index (χ0) is 21.5. The predicted octanol–water partition coefficient (Wildman–Crippen LogP) is 4.01. The van der Waals surface area contributed by atoms with Crippen molar-refractivity contribution in [2.45, 2.75) is 32.4 Å². The van der Waals surface area contributed by atoms with Crippen LogP contribution in [0, 0.1) is 6.92 Å². The van der Waals surface area contributed by atoms with Crippen molar-refractivity contribution in [3.63, 3.8) is 0 Å². The van der Waals surface area contributed by atoms with Crippen molar-refractivity contribution in [2.24, 2.45) is 0 Å². The fourth-order valence-electron chi connectivity index (χ4n) is 4.51. The zero-order valence-electron chi connectivity index (χ0n) is 18.3. The second-order valence-corrected chi connectivity index (χ2v) is 8.71. The van der Waals surface area contributed by atoms with E-state index in [1.165, 1.54) is 0 Å². The average Bonchev–Trinajstić information content (AvgIpc) is 3.38. The Morgan fingerprint density at radius 2 is 2.00 bits per heavy atom. The Bertz CT molecular complexity index is 1040. The minimum absolute atomic E-state index is 0.0752. The van der Waals surface area contributed by atoms with E-state index in [4.69, 9.17) is 14.2 Å². The molecule has 0 N–H and O–H groups in total. The van der Waals surface area contributed by atoms with Gasteiger partial charge in [-0.25, -0.2) is 0 Å². The summed E-state index contributed by atoms with van der Waals surface area (Å²) in [5.41, 5.74) is 4.59. The van der Waals surface area contributed by atoms with Crippen molar-refractivity contribution in [3.8, 4) is 11.5 Å². The fourth-order valence-corrected chi connectivity index (χ4v) is 4.51. The van der Waals surface area contributed by atoms with Gasteiger partial charge in [-0.1, -0.05) is 12.1 Å². The largest absolute Gasteiger partial charge is 0.477 e. The van der Waals surface area contributed by atoms with Crippen LogP contribution in [0.4, 0.5) is 5.69 Å². The first-order valence-electron chi connectivity index (χ1n) is 10.8. The fraction of sp³-hybridized carbons (Fsp3) is 0.400. The van der Waals surface area contributed by atoms with Crippen molar-refractivity contribution < 1.29 is 19.0 Å². The Labute approximate surface area is 183 Å². The number of allylic oxidation sites excluding steroid dienone is 1. The molecule has 3 heterocycles. The number of hydrogen-bond acceptors (Lipinski definition) is 6. The first kappa shape index (κ1) is 20.1. The summed E-state index contributed by atoms with van der Waals surface area (Å²) >= 11 is 0. The van der Waals surface area contributed by atoms with Crippen LogP contribution in [0.3, 0.4) is 0 Å². The highest BCUT2D eigenvalue weighted by atomic mass is 16.5. The number of rotatable bonds is 4. The van der Waals surface area contributed by atoms with Gasteiger partial charge in [-0.2, -0.15) is 0 Å². The molecule has 0 aromatic heterocycles. The monoisotopic (exact) mass is 420 g/mol. The normalized spacial score (nSPS) is 21.6. The SMILES string of the molecule is Cc1c2c(cc3c1O/C(=C\c1ccc(N(C)C)cc1)C3=O)CN(CC1CCCO1)CO2. The van der Waals surface area contributed by atoms with Gasteiger partial charge in [0.15, 0.2) is 5.76 Å². The van der Waals surface area contributed by atoms with Crippen LogP contribution in [0.2, 0.25) is 0 Å². The van der Waals surface area contributed by atoms with E-state index in [-0.39, 0.29) is 11.9 Å². The van der Waals surface area contributed by atoms with Crippen LogP contribution >= 0.6 is 0 Å². The molecule has 0 radical (unpaired) electrons. The topological polar surface area (TPSA) is 51.2 Å². The Kier molecular flexibility index (Phi) is 5.20. The third kappa shape index (κ3) is 3.82. The van der Waals surface area contributed by atoms with Gasteiger partial charge in [0.25, 0.3) is 0 Å². The summed E-state index contributed by atoms with van der Waals surface area (Å²) in [6.45, 7) is 4.95. The second-order valence-electron chi connectivity index (χ2n) is 8.71. The van der Waals surface area contributed by atoms with E-state index in [0.29, 0.717) is 23.8 Å². The number of ketones is 1. The highest BCUT2D eigenvalue weighted by molar-refractivity contribution is 6.15. The molecular weight excluding hydrogens is 392 g/mol. The third-order valence-corrected chi connectivity index (χ3v) is 6.19. The number of hydrogen-bond donors (Lipinski definition) is 0. The maximum Gasteiger partial charge on any atom is 0.231 e. The molecule has 1 saturated heterocycles. The van der Waals surface area contributed by atoms with Crippen LogP contribution < -0.4 is 14.4 Å². The Morgan fingerprint density at radius 1 is 1.19 bits per heavy atom. The minimum Gasteiger partial charge on any atom is -0.477 e. The molecule has 0 bridgehead atoms. The zero-order valence-corrected chi connectivity index (χ0v) is 18.3. The van der Waals surface area contributed by atoms with Gasteiger partial charge in [0.1, 0.15) is 18.2 Å². The molecule has 0 saturated carbocycles. The van der Waals surface area contributed by atoms with Gasteiger partial charge >= 0.3 is 0 Å². The lowest BCUT2D eigenvalue weighted by atomic mass is 10.00. The van der Waals surface area contributed by atoms with Crippen molar-refractivity contribution >= 4 is 17.5 Å². The average molecular weight is 421 g/mol. The third-order valence-electron chi connectivity index (χ3n) is 6.19. The van der Waals surface area contributed by atoms with E-state index < -0.39 is 0 Å². The maximum absolute atomic E-state index is 13.1. The van der Waals surface area contributed by atoms with Gasteiger partial charge < -0.3 is 19.1 Å². The Hall–Kier alpha value is -2.83. The molecule has 6 nitrogen and oxygen atoms in total. The molecule has 3 aliphatic heterocycles. The molecule has 162 valence electrons. The number of carbonyl (C=O) groups is 1. The van der Waals surface area contributed by atoms with Gasteiger partial charge in [-0.05, 0) is 49.6 Å². The highest BCUT2D eigenvalue weighted by Crippen LogP contribution is 2.43. The molecule has 1 atom stereocenters. The molecular formula is C25H28N2O4. The molecule has 1 unspecified atom stereocenters. The molecule has 5 rings (SSSR count). The molecule has 3 aliphatic rings. The molecule has 1 fully saturated rings.